The van der Waals surface area contributed by atoms with Crippen LogP contribution < -0.4 is 11.3 Å². The first kappa shape index (κ1) is 15.4. The maximum Gasteiger partial charge on any atom is 0.262 e. The van der Waals surface area contributed by atoms with E-state index in [0.29, 0.717) is 5.56 Å². The van der Waals surface area contributed by atoms with Crippen molar-refractivity contribution in [2.45, 2.75) is 11.6 Å². The van der Waals surface area contributed by atoms with E-state index in [9.17, 15) is 12.8 Å². The van der Waals surface area contributed by atoms with Gasteiger partial charge in [0.25, 0.3) is 10.0 Å². The fourth-order valence-electron chi connectivity index (χ4n) is 1.83. The summed E-state index contributed by atoms with van der Waals surface area (Å²) in [5.74, 6) is 4.88. The minimum Gasteiger partial charge on any atom is -0.321 e. The lowest BCUT2D eigenvalue weighted by molar-refractivity contribution is 0.463. The van der Waals surface area contributed by atoms with Gasteiger partial charge in [-0.3, -0.25) is 5.84 Å². The Hall–Kier alpha value is -2.03. The van der Waals surface area contributed by atoms with Gasteiger partial charge >= 0.3 is 0 Å². The van der Waals surface area contributed by atoms with Gasteiger partial charge in [0.15, 0.2) is 5.03 Å². The Balaban J connectivity index is 2.31. The van der Waals surface area contributed by atoms with Crippen molar-refractivity contribution < 1.29 is 12.8 Å². The first-order valence-electron chi connectivity index (χ1n) is 6.07. The Morgan fingerprint density at radius 3 is 2.76 bits per heavy atom. The van der Waals surface area contributed by atoms with E-state index in [1.807, 2.05) is 0 Å². The second kappa shape index (κ2) is 6.17. The molecule has 0 unspecified atom stereocenters. The molecule has 2 aromatic rings. The molecule has 1 heterocycles. The zero-order valence-corrected chi connectivity index (χ0v) is 12.1. The molecule has 8 heteroatoms. The van der Waals surface area contributed by atoms with Gasteiger partial charge in [-0.25, -0.2) is 17.8 Å². The van der Waals surface area contributed by atoms with Gasteiger partial charge < -0.3 is 5.43 Å². The summed E-state index contributed by atoms with van der Waals surface area (Å²) in [6.45, 7) is 0.0285. The average Bonchev–Trinajstić information content (AvgIpc) is 2.47. The van der Waals surface area contributed by atoms with E-state index in [4.69, 9.17) is 5.84 Å². The van der Waals surface area contributed by atoms with Crippen molar-refractivity contribution in [1.82, 2.24) is 9.29 Å². The Kier molecular flexibility index (Phi) is 4.51. The SMILES string of the molecule is CN(Cc1cccc(F)c1)S(=O)(=O)c1ncccc1NN. The molecule has 0 aliphatic heterocycles. The molecule has 3 N–H and O–H groups in total. The maximum atomic E-state index is 13.1. The molecule has 0 aliphatic rings. The van der Waals surface area contributed by atoms with Crippen molar-refractivity contribution in [2.24, 2.45) is 5.84 Å². The summed E-state index contributed by atoms with van der Waals surface area (Å²) in [5.41, 5.74) is 3.04. The largest absolute Gasteiger partial charge is 0.321 e. The number of nitrogens with zero attached hydrogens (tertiary/aromatic N) is 2. The minimum atomic E-state index is -3.84. The third kappa shape index (κ3) is 3.35. The summed E-state index contributed by atoms with van der Waals surface area (Å²) < 4.78 is 39.2. The summed E-state index contributed by atoms with van der Waals surface area (Å²) in [6, 6.07) is 8.84. The van der Waals surface area contributed by atoms with Gasteiger partial charge in [0.05, 0.1) is 5.69 Å². The average molecular weight is 310 g/mol. The molecule has 1 aromatic carbocycles. The topological polar surface area (TPSA) is 88.3 Å². The highest BCUT2D eigenvalue weighted by Gasteiger charge is 2.25. The number of nitrogen functional groups attached to an aromatic ring is 1. The second-order valence-electron chi connectivity index (χ2n) is 4.39. The fraction of sp³-hybridized carbons (Fsp3) is 0.154. The lowest BCUT2D eigenvalue weighted by atomic mass is 10.2. The van der Waals surface area contributed by atoms with Crippen LogP contribution in [0, 0.1) is 5.82 Å². The Morgan fingerprint density at radius 2 is 2.10 bits per heavy atom. The fourth-order valence-corrected chi connectivity index (χ4v) is 3.04. The second-order valence-corrected chi connectivity index (χ2v) is 6.35. The van der Waals surface area contributed by atoms with Crippen LogP contribution >= 0.6 is 0 Å². The van der Waals surface area contributed by atoms with Crippen molar-refractivity contribution >= 4 is 15.7 Å². The molecule has 1 aromatic heterocycles. The van der Waals surface area contributed by atoms with Crippen LogP contribution in [0.15, 0.2) is 47.6 Å². The maximum absolute atomic E-state index is 13.1. The molecule has 0 saturated heterocycles. The summed E-state index contributed by atoms with van der Waals surface area (Å²) in [4.78, 5) is 3.86. The number of nitrogens with one attached hydrogen (secondary N) is 1. The number of hydrazine groups is 1. The number of hydrogen-bond acceptors (Lipinski definition) is 5. The molecule has 112 valence electrons. The molecule has 0 radical (unpaired) electrons. The first-order valence-corrected chi connectivity index (χ1v) is 7.51. The van der Waals surface area contributed by atoms with E-state index >= 15 is 0 Å². The first-order chi connectivity index (χ1) is 9.95. The Bertz CT molecular complexity index is 736. The van der Waals surface area contributed by atoms with Crippen LogP contribution in [0.3, 0.4) is 0 Å². The van der Waals surface area contributed by atoms with Crippen molar-refractivity contribution in [3.63, 3.8) is 0 Å². The van der Waals surface area contributed by atoms with E-state index in [-0.39, 0.29) is 17.3 Å². The highest BCUT2D eigenvalue weighted by molar-refractivity contribution is 7.89. The van der Waals surface area contributed by atoms with Crippen LogP contribution in [0.1, 0.15) is 5.56 Å². The summed E-state index contributed by atoms with van der Waals surface area (Å²) in [6.07, 6.45) is 1.36. The van der Waals surface area contributed by atoms with Crippen LogP contribution in [0.2, 0.25) is 0 Å². The van der Waals surface area contributed by atoms with Gasteiger partial charge in [0, 0.05) is 19.8 Å². The van der Waals surface area contributed by atoms with Gasteiger partial charge in [-0.05, 0) is 29.8 Å². The number of benzene rings is 1. The van der Waals surface area contributed by atoms with Crippen molar-refractivity contribution in [3.8, 4) is 0 Å². The smallest absolute Gasteiger partial charge is 0.262 e. The van der Waals surface area contributed by atoms with Gasteiger partial charge in [-0.1, -0.05) is 12.1 Å². The molecule has 0 aliphatic carbocycles. The zero-order chi connectivity index (χ0) is 15.5. The standard InChI is InChI=1S/C13H15FN4O2S/c1-18(9-10-4-2-5-11(14)8-10)21(19,20)13-12(17-15)6-3-7-16-13/h2-8,17H,9,15H2,1H3. The molecule has 0 saturated carbocycles. The normalized spacial score (nSPS) is 11.6. The number of hydrogen-bond donors (Lipinski definition) is 2. The van der Waals surface area contributed by atoms with E-state index in [1.165, 1.54) is 37.5 Å². The zero-order valence-electron chi connectivity index (χ0n) is 11.3. The predicted molar refractivity (Wildman–Crippen MR) is 77.1 cm³/mol. The van der Waals surface area contributed by atoms with E-state index in [1.54, 1.807) is 12.1 Å². The number of nitrogens with two attached hydrogens (primary N) is 1. The molecule has 21 heavy (non-hydrogen) atoms. The van der Waals surface area contributed by atoms with Crippen molar-refractivity contribution in [2.75, 3.05) is 12.5 Å². The minimum absolute atomic E-state index is 0.0285. The number of aromatic nitrogens is 1. The number of halogens is 1. The lowest BCUT2D eigenvalue weighted by Gasteiger charge is -2.18. The molecule has 0 bridgehead atoms. The third-order valence-corrected chi connectivity index (χ3v) is 4.64. The van der Waals surface area contributed by atoms with E-state index in [0.717, 1.165) is 4.31 Å². The van der Waals surface area contributed by atoms with Crippen LogP contribution in [-0.2, 0) is 16.6 Å². The van der Waals surface area contributed by atoms with Gasteiger partial charge in [-0.2, -0.15) is 4.31 Å². The van der Waals surface area contributed by atoms with Crippen LogP contribution in [-0.4, -0.2) is 24.8 Å². The predicted octanol–water partition coefficient (Wildman–Crippen LogP) is 1.33. The van der Waals surface area contributed by atoms with Crippen LogP contribution in [0.5, 0.6) is 0 Å². The Labute approximate surface area is 122 Å². The van der Waals surface area contributed by atoms with Crippen molar-refractivity contribution in [3.05, 3.63) is 54.0 Å². The highest BCUT2D eigenvalue weighted by Crippen LogP contribution is 2.21. The third-order valence-electron chi connectivity index (χ3n) is 2.88. The molecular formula is C13H15FN4O2S. The molecule has 2 rings (SSSR count). The van der Waals surface area contributed by atoms with Crippen LogP contribution in [0.4, 0.5) is 10.1 Å². The molecule has 0 atom stereocenters. The quantitative estimate of drug-likeness (QED) is 0.642. The summed E-state index contributed by atoms with van der Waals surface area (Å²) in [7, 11) is -2.44. The monoisotopic (exact) mass is 310 g/mol. The molecule has 0 amide bonds. The molecule has 6 nitrogen and oxygen atoms in total. The molecule has 0 fully saturated rings. The summed E-state index contributed by atoms with van der Waals surface area (Å²) >= 11 is 0. The Morgan fingerprint density at radius 1 is 1.33 bits per heavy atom. The number of rotatable bonds is 5. The van der Waals surface area contributed by atoms with E-state index < -0.39 is 15.8 Å². The summed E-state index contributed by atoms with van der Waals surface area (Å²) in [5, 5.41) is -0.175. The number of pyridine rings is 1. The van der Waals surface area contributed by atoms with Gasteiger partial charge in [-0.15, -0.1) is 0 Å². The highest BCUT2D eigenvalue weighted by atomic mass is 32.2. The molecular weight excluding hydrogens is 295 g/mol. The number of anilines is 1. The van der Waals surface area contributed by atoms with E-state index in [2.05, 4.69) is 10.4 Å². The van der Waals surface area contributed by atoms with Gasteiger partial charge in [0.2, 0.25) is 0 Å². The lowest BCUT2D eigenvalue weighted by Crippen LogP contribution is -2.28. The van der Waals surface area contributed by atoms with Gasteiger partial charge in [0.1, 0.15) is 5.82 Å². The number of sulfonamides is 1. The van der Waals surface area contributed by atoms with Crippen molar-refractivity contribution in [1.29, 1.82) is 0 Å². The molecule has 0 spiro atoms. The van der Waals surface area contributed by atoms with Crippen LogP contribution in [0.25, 0.3) is 0 Å².